The highest BCUT2D eigenvalue weighted by Gasteiger charge is 2.02. The van der Waals surface area contributed by atoms with Crippen LogP contribution in [0.5, 0.6) is 0 Å². The summed E-state index contributed by atoms with van der Waals surface area (Å²) in [7, 11) is 3.87. The molecule has 86 valence electrons. The summed E-state index contributed by atoms with van der Waals surface area (Å²) in [6.07, 6.45) is 2.19. The molecule has 1 aromatic heterocycles. The Kier molecular flexibility index (Phi) is 3.30. The molecule has 0 aliphatic rings. The van der Waals surface area contributed by atoms with Crippen LogP contribution in [0.15, 0.2) is 24.3 Å². The van der Waals surface area contributed by atoms with Crippen LogP contribution >= 0.6 is 0 Å². The third kappa shape index (κ3) is 2.12. The Bertz CT molecular complexity index is 485. The van der Waals surface area contributed by atoms with E-state index in [0.717, 1.165) is 19.4 Å². The van der Waals surface area contributed by atoms with Gasteiger partial charge >= 0.3 is 0 Å². The summed E-state index contributed by atoms with van der Waals surface area (Å²) in [5.74, 6) is 0. The lowest BCUT2D eigenvalue weighted by molar-refractivity contribution is 0.195. The van der Waals surface area contributed by atoms with Gasteiger partial charge in [-0.3, -0.25) is 0 Å². The Labute approximate surface area is 96.8 Å². The van der Waals surface area contributed by atoms with Gasteiger partial charge in [0.1, 0.15) is 0 Å². The van der Waals surface area contributed by atoms with Crippen molar-refractivity contribution in [1.82, 2.24) is 4.57 Å². The van der Waals surface area contributed by atoms with Crippen molar-refractivity contribution in [3.8, 4) is 0 Å². The number of methoxy groups -OCH3 is 1. The molecule has 2 rings (SSSR count). The summed E-state index contributed by atoms with van der Waals surface area (Å²) in [6, 6.07) is 8.97. The third-order valence-electron chi connectivity index (χ3n) is 3.16. The molecule has 0 unspecified atom stereocenters. The summed E-state index contributed by atoms with van der Waals surface area (Å²) in [5.41, 5.74) is 4.02. The maximum absolute atomic E-state index is 5.07. The average molecular weight is 217 g/mol. The van der Waals surface area contributed by atoms with Crippen LogP contribution in [0.1, 0.15) is 17.7 Å². The van der Waals surface area contributed by atoms with Gasteiger partial charge in [-0.1, -0.05) is 6.07 Å². The summed E-state index contributed by atoms with van der Waals surface area (Å²) < 4.78 is 7.30. The lowest BCUT2D eigenvalue weighted by Gasteiger charge is -2.02. The summed E-state index contributed by atoms with van der Waals surface area (Å²) in [4.78, 5) is 0. The van der Waals surface area contributed by atoms with Gasteiger partial charge in [0, 0.05) is 37.4 Å². The van der Waals surface area contributed by atoms with Gasteiger partial charge in [0.15, 0.2) is 0 Å². The molecule has 1 heterocycles. The second kappa shape index (κ2) is 4.71. The van der Waals surface area contributed by atoms with E-state index in [9.17, 15) is 0 Å². The second-order valence-corrected chi connectivity index (χ2v) is 4.33. The number of hydrogen-bond acceptors (Lipinski definition) is 1. The lowest BCUT2D eigenvalue weighted by Crippen LogP contribution is -1.93. The van der Waals surface area contributed by atoms with E-state index in [4.69, 9.17) is 4.74 Å². The van der Waals surface area contributed by atoms with Crippen LogP contribution in [0.4, 0.5) is 0 Å². The molecule has 1 aromatic carbocycles. The molecule has 0 aliphatic heterocycles. The van der Waals surface area contributed by atoms with Crippen molar-refractivity contribution in [1.29, 1.82) is 0 Å². The van der Waals surface area contributed by atoms with Crippen LogP contribution in [-0.4, -0.2) is 18.3 Å². The Morgan fingerprint density at radius 1 is 1.25 bits per heavy atom. The number of ether oxygens (including phenoxy) is 1. The van der Waals surface area contributed by atoms with Gasteiger partial charge in [-0.2, -0.15) is 0 Å². The SMILES string of the molecule is COCCCc1ccc2c(c1)cc(C)n2C. The van der Waals surface area contributed by atoms with Crippen molar-refractivity contribution >= 4 is 10.9 Å². The fourth-order valence-corrected chi connectivity index (χ4v) is 2.11. The first-order valence-electron chi connectivity index (χ1n) is 5.76. The number of hydrogen-bond donors (Lipinski definition) is 0. The van der Waals surface area contributed by atoms with Crippen molar-refractivity contribution in [3.63, 3.8) is 0 Å². The Morgan fingerprint density at radius 3 is 2.81 bits per heavy atom. The van der Waals surface area contributed by atoms with Gasteiger partial charge in [0.25, 0.3) is 0 Å². The van der Waals surface area contributed by atoms with E-state index in [1.165, 1.54) is 22.2 Å². The largest absolute Gasteiger partial charge is 0.385 e. The minimum Gasteiger partial charge on any atom is -0.385 e. The quantitative estimate of drug-likeness (QED) is 0.718. The predicted molar refractivity (Wildman–Crippen MR) is 67.9 cm³/mol. The van der Waals surface area contributed by atoms with Gasteiger partial charge in [-0.25, -0.2) is 0 Å². The highest BCUT2D eigenvalue weighted by molar-refractivity contribution is 5.81. The summed E-state index contributed by atoms with van der Waals surface area (Å²) >= 11 is 0. The monoisotopic (exact) mass is 217 g/mol. The van der Waals surface area contributed by atoms with Gasteiger partial charge in [-0.15, -0.1) is 0 Å². The fourth-order valence-electron chi connectivity index (χ4n) is 2.11. The van der Waals surface area contributed by atoms with E-state index < -0.39 is 0 Å². The van der Waals surface area contributed by atoms with Crippen LogP contribution in [0, 0.1) is 6.92 Å². The minimum absolute atomic E-state index is 0.839. The average Bonchev–Trinajstić information content (AvgIpc) is 2.55. The zero-order chi connectivity index (χ0) is 11.5. The highest BCUT2D eigenvalue weighted by atomic mass is 16.5. The van der Waals surface area contributed by atoms with Gasteiger partial charge in [0.05, 0.1) is 0 Å². The maximum atomic E-state index is 5.07. The number of benzene rings is 1. The van der Waals surface area contributed by atoms with Gasteiger partial charge in [-0.05, 0) is 43.5 Å². The van der Waals surface area contributed by atoms with E-state index in [1.807, 2.05) is 0 Å². The number of rotatable bonds is 4. The molecular formula is C14H19NO. The highest BCUT2D eigenvalue weighted by Crippen LogP contribution is 2.20. The number of aromatic nitrogens is 1. The summed E-state index contributed by atoms with van der Waals surface area (Å²) in [5, 5.41) is 1.34. The molecule has 0 N–H and O–H groups in total. The fraction of sp³-hybridized carbons (Fsp3) is 0.429. The van der Waals surface area contributed by atoms with E-state index in [1.54, 1.807) is 7.11 Å². The number of aryl methyl sites for hydroxylation is 3. The molecule has 0 fully saturated rings. The van der Waals surface area contributed by atoms with Crippen molar-refractivity contribution in [3.05, 3.63) is 35.5 Å². The molecule has 2 heteroatoms. The summed E-state index contributed by atoms with van der Waals surface area (Å²) in [6.45, 7) is 2.98. The van der Waals surface area contributed by atoms with Crippen LogP contribution in [-0.2, 0) is 18.2 Å². The van der Waals surface area contributed by atoms with E-state index in [2.05, 4.69) is 42.8 Å². The van der Waals surface area contributed by atoms with Crippen molar-refractivity contribution in [2.24, 2.45) is 7.05 Å². The minimum atomic E-state index is 0.839. The molecule has 2 nitrogen and oxygen atoms in total. The van der Waals surface area contributed by atoms with E-state index in [0.29, 0.717) is 0 Å². The van der Waals surface area contributed by atoms with Crippen molar-refractivity contribution in [2.75, 3.05) is 13.7 Å². The number of fused-ring (bicyclic) bond motifs is 1. The Hall–Kier alpha value is -1.28. The normalized spacial score (nSPS) is 11.2. The van der Waals surface area contributed by atoms with Crippen LogP contribution in [0.3, 0.4) is 0 Å². The molecule has 2 aromatic rings. The number of nitrogens with zero attached hydrogens (tertiary/aromatic N) is 1. The molecular weight excluding hydrogens is 198 g/mol. The molecule has 16 heavy (non-hydrogen) atoms. The standard InChI is InChI=1S/C14H19NO/c1-11-9-13-10-12(5-4-8-16-3)6-7-14(13)15(11)2/h6-7,9-10H,4-5,8H2,1-3H3. The second-order valence-electron chi connectivity index (χ2n) is 4.33. The molecule has 0 aliphatic carbocycles. The molecule has 0 bridgehead atoms. The first-order chi connectivity index (χ1) is 7.72. The molecule has 0 atom stereocenters. The van der Waals surface area contributed by atoms with Gasteiger partial charge < -0.3 is 9.30 Å². The van der Waals surface area contributed by atoms with Crippen LogP contribution < -0.4 is 0 Å². The van der Waals surface area contributed by atoms with Crippen LogP contribution in [0.25, 0.3) is 10.9 Å². The first kappa shape index (κ1) is 11.2. The Morgan fingerprint density at radius 2 is 2.06 bits per heavy atom. The molecule has 0 saturated heterocycles. The molecule has 0 radical (unpaired) electrons. The Balaban J connectivity index is 2.23. The van der Waals surface area contributed by atoms with Crippen molar-refractivity contribution in [2.45, 2.75) is 19.8 Å². The predicted octanol–water partition coefficient (Wildman–Crippen LogP) is 3.07. The molecule has 0 saturated carbocycles. The van der Waals surface area contributed by atoms with E-state index >= 15 is 0 Å². The van der Waals surface area contributed by atoms with Crippen LogP contribution in [0.2, 0.25) is 0 Å². The third-order valence-corrected chi connectivity index (χ3v) is 3.16. The molecule has 0 spiro atoms. The zero-order valence-corrected chi connectivity index (χ0v) is 10.3. The smallest absolute Gasteiger partial charge is 0.0479 e. The van der Waals surface area contributed by atoms with E-state index in [-0.39, 0.29) is 0 Å². The first-order valence-corrected chi connectivity index (χ1v) is 5.76. The molecule has 0 amide bonds. The topological polar surface area (TPSA) is 14.2 Å². The van der Waals surface area contributed by atoms with Gasteiger partial charge in [0.2, 0.25) is 0 Å². The maximum Gasteiger partial charge on any atom is 0.0479 e. The zero-order valence-electron chi connectivity index (χ0n) is 10.3. The van der Waals surface area contributed by atoms with Crippen molar-refractivity contribution < 1.29 is 4.74 Å². The lowest BCUT2D eigenvalue weighted by atomic mass is 10.1.